The Morgan fingerprint density at radius 2 is 1.59 bits per heavy atom. The summed E-state index contributed by atoms with van der Waals surface area (Å²) in [5.74, 6) is 1.64. The van der Waals surface area contributed by atoms with Crippen molar-refractivity contribution in [1.29, 1.82) is 0 Å². The van der Waals surface area contributed by atoms with Crippen LogP contribution in [0, 0.1) is 13.8 Å². The minimum absolute atomic E-state index is 0.437. The molecule has 170 valence electrons. The van der Waals surface area contributed by atoms with Gasteiger partial charge in [0.1, 0.15) is 5.75 Å². The van der Waals surface area contributed by atoms with E-state index in [-0.39, 0.29) is 0 Å². The quantitative estimate of drug-likeness (QED) is 0.299. The van der Waals surface area contributed by atoms with Gasteiger partial charge in [-0.05, 0) is 74.2 Å². The normalized spacial score (nSPS) is 11.1. The Morgan fingerprint density at radius 3 is 2.38 bits per heavy atom. The minimum Gasteiger partial charge on any atom is -0.497 e. The average Bonchev–Trinajstić information content (AvgIpc) is 2.84. The van der Waals surface area contributed by atoms with Crippen LogP contribution in [0.2, 0.25) is 0 Å². The number of nitrogens with one attached hydrogen (secondary N) is 2. The number of fused-ring (bicyclic) bond motifs is 2. The summed E-state index contributed by atoms with van der Waals surface area (Å²) in [5.41, 5.74) is 5.70. The molecule has 0 spiro atoms. The number of nitrogens with zero attached hydrogens (tertiary/aromatic N) is 5. The van der Waals surface area contributed by atoms with Gasteiger partial charge in [0.25, 0.3) is 0 Å². The van der Waals surface area contributed by atoms with Crippen molar-refractivity contribution in [3.63, 3.8) is 0 Å². The largest absolute Gasteiger partial charge is 0.497 e. The standard InChI is InChI=1S/C25H23N7OS/c1-14-11-15(2)27-21-7-5-16(12-18(14)21)28-23-30-24(32-25(31-23)34-4)29-22-9-10-26-20-8-6-17(33-3)13-19(20)22/h5-13H,1-4H3,(H2,26,28,29,30,31,32). The molecule has 2 aromatic carbocycles. The molecule has 8 nitrogen and oxygen atoms in total. The van der Waals surface area contributed by atoms with E-state index in [1.54, 1.807) is 13.3 Å². The van der Waals surface area contributed by atoms with Crippen molar-refractivity contribution in [3.05, 3.63) is 66.0 Å². The number of anilines is 4. The number of pyridine rings is 2. The number of hydrogen-bond acceptors (Lipinski definition) is 9. The van der Waals surface area contributed by atoms with Gasteiger partial charge >= 0.3 is 0 Å². The topological polar surface area (TPSA) is 97.7 Å². The lowest BCUT2D eigenvalue weighted by Gasteiger charge is -2.12. The SMILES string of the molecule is COc1ccc2nccc(Nc3nc(Nc4ccc5nc(C)cc(C)c5c4)nc(SC)n3)c2c1. The van der Waals surface area contributed by atoms with Gasteiger partial charge in [-0.1, -0.05) is 11.8 Å². The third-order valence-corrected chi connectivity index (χ3v) is 5.94. The maximum Gasteiger partial charge on any atom is 0.233 e. The molecular weight excluding hydrogens is 446 g/mol. The number of hydrogen-bond donors (Lipinski definition) is 2. The van der Waals surface area contributed by atoms with Crippen LogP contribution in [0.3, 0.4) is 0 Å². The highest BCUT2D eigenvalue weighted by Crippen LogP contribution is 2.29. The van der Waals surface area contributed by atoms with Crippen LogP contribution in [0.25, 0.3) is 21.8 Å². The van der Waals surface area contributed by atoms with Crippen molar-refractivity contribution >= 4 is 56.8 Å². The molecule has 34 heavy (non-hydrogen) atoms. The molecule has 0 fully saturated rings. The van der Waals surface area contributed by atoms with Crippen LogP contribution in [0.4, 0.5) is 23.3 Å². The van der Waals surface area contributed by atoms with Crippen LogP contribution in [-0.4, -0.2) is 38.3 Å². The number of rotatable bonds is 6. The first-order chi connectivity index (χ1) is 16.5. The minimum atomic E-state index is 0.437. The highest BCUT2D eigenvalue weighted by Gasteiger charge is 2.11. The molecule has 0 aliphatic carbocycles. The molecule has 0 saturated heterocycles. The van der Waals surface area contributed by atoms with Crippen molar-refractivity contribution in [2.45, 2.75) is 19.0 Å². The first kappa shape index (κ1) is 21.8. The van der Waals surface area contributed by atoms with Gasteiger partial charge in [0.2, 0.25) is 11.9 Å². The molecule has 0 saturated carbocycles. The van der Waals surface area contributed by atoms with E-state index in [9.17, 15) is 0 Å². The molecule has 5 rings (SSSR count). The van der Waals surface area contributed by atoms with Gasteiger partial charge in [-0.3, -0.25) is 9.97 Å². The highest BCUT2D eigenvalue weighted by molar-refractivity contribution is 7.98. The second kappa shape index (κ2) is 9.11. The Labute approximate surface area is 201 Å². The van der Waals surface area contributed by atoms with Crippen molar-refractivity contribution in [2.75, 3.05) is 24.0 Å². The van der Waals surface area contributed by atoms with E-state index in [4.69, 9.17) is 4.74 Å². The van der Waals surface area contributed by atoms with E-state index >= 15 is 0 Å². The Morgan fingerprint density at radius 1 is 0.794 bits per heavy atom. The fourth-order valence-electron chi connectivity index (χ4n) is 3.81. The van der Waals surface area contributed by atoms with Crippen molar-refractivity contribution < 1.29 is 4.74 Å². The number of methoxy groups -OCH3 is 1. The van der Waals surface area contributed by atoms with Crippen molar-refractivity contribution in [1.82, 2.24) is 24.9 Å². The summed E-state index contributed by atoms with van der Waals surface area (Å²) < 4.78 is 5.38. The van der Waals surface area contributed by atoms with Gasteiger partial charge in [-0.15, -0.1) is 0 Å². The zero-order chi connectivity index (χ0) is 23.7. The molecule has 0 aliphatic rings. The third-order valence-electron chi connectivity index (χ3n) is 5.39. The fraction of sp³-hybridized carbons (Fsp3) is 0.160. The molecule has 0 unspecified atom stereocenters. The zero-order valence-corrected chi connectivity index (χ0v) is 20.1. The number of thioether (sulfide) groups is 1. The Hall–Kier alpha value is -3.98. The van der Waals surface area contributed by atoms with Crippen molar-refractivity contribution in [2.24, 2.45) is 0 Å². The molecule has 2 N–H and O–H groups in total. The monoisotopic (exact) mass is 469 g/mol. The summed E-state index contributed by atoms with van der Waals surface area (Å²) in [7, 11) is 1.64. The number of aromatic nitrogens is 5. The zero-order valence-electron chi connectivity index (χ0n) is 19.2. The van der Waals surface area contributed by atoms with E-state index < -0.39 is 0 Å². The lowest BCUT2D eigenvalue weighted by Crippen LogP contribution is -2.05. The average molecular weight is 470 g/mol. The maximum atomic E-state index is 5.38. The summed E-state index contributed by atoms with van der Waals surface area (Å²) in [4.78, 5) is 22.7. The van der Waals surface area contributed by atoms with E-state index in [2.05, 4.69) is 54.6 Å². The summed E-state index contributed by atoms with van der Waals surface area (Å²) >= 11 is 1.45. The Kier molecular flexibility index (Phi) is 5.85. The van der Waals surface area contributed by atoms with Crippen LogP contribution in [-0.2, 0) is 0 Å². The highest BCUT2D eigenvalue weighted by atomic mass is 32.2. The molecule has 0 amide bonds. The molecule has 5 aromatic rings. The number of benzene rings is 2. The second-order valence-electron chi connectivity index (χ2n) is 7.77. The van der Waals surface area contributed by atoms with E-state index in [1.165, 1.54) is 17.3 Å². The summed E-state index contributed by atoms with van der Waals surface area (Å²) in [6.07, 6.45) is 3.68. The molecule has 0 aliphatic heterocycles. The molecular formula is C25H23N7OS. The molecule has 3 heterocycles. The lowest BCUT2D eigenvalue weighted by atomic mass is 10.1. The van der Waals surface area contributed by atoms with E-state index in [0.29, 0.717) is 17.1 Å². The van der Waals surface area contributed by atoms with Crippen LogP contribution in [0.1, 0.15) is 11.3 Å². The predicted octanol–water partition coefficient (Wildman–Crippen LogP) is 5.80. The van der Waals surface area contributed by atoms with Crippen LogP contribution < -0.4 is 15.4 Å². The summed E-state index contributed by atoms with van der Waals surface area (Å²) in [6.45, 7) is 4.09. The number of ether oxygens (including phenoxy) is 1. The van der Waals surface area contributed by atoms with Gasteiger partial charge in [0.15, 0.2) is 5.16 Å². The second-order valence-corrected chi connectivity index (χ2v) is 8.55. The Bertz CT molecular complexity index is 1520. The maximum absolute atomic E-state index is 5.38. The van der Waals surface area contributed by atoms with Gasteiger partial charge in [-0.25, -0.2) is 0 Å². The first-order valence-electron chi connectivity index (χ1n) is 10.7. The molecule has 0 atom stereocenters. The smallest absolute Gasteiger partial charge is 0.233 e. The first-order valence-corrected chi connectivity index (χ1v) is 11.9. The fourth-order valence-corrected chi connectivity index (χ4v) is 4.17. The van der Waals surface area contributed by atoms with Gasteiger partial charge in [-0.2, -0.15) is 15.0 Å². The van der Waals surface area contributed by atoms with E-state index in [0.717, 1.165) is 44.6 Å². The number of aryl methyl sites for hydroxylation is 2. The van der Waals surface area contributed by atoms with Crippen molar-refractivity contribution in [3.8, 4) is 5.75 Å². The third kappa shape index (κ3) is 4.42. The van der Waals surface area contributed by atoms with Gasteiger partial charge < -0.3 is 15.4 Å². The van der Waals surface area contributed by atoms with Gasteiger partial charge in [0, 0.05) is 28.4 Å². The predicted molar refractivity (Wildman–Crippen MR) is 138 cm³/mol. The van der Waals surface area contributed by atoms with Gasteiger partial charge in [0.05, 0.1) is 23.8 Å². The molecule has 9 heteroatoms. The lowest BCUT2D eigenvalue weighted by molar-refractivity contribution is 0.415. The van der Waals surface area contributed by atoms with Crippen LogP contribution in [0.5, 0.6) is 5.75 Å². The Balaban J connectivity index is 1.49. The summed E-state index contributed by atoms with van der Waals surface area (Å²) in [5, 5.41) is 9.24. The molecule has 0 bridgehead atoms. The van der Waals surface area contributed by atoms with Crippen LogP contribution >= 0.6 is 11.8 Å². The molecule has 0 radical (unpaired) electrons. The van der Waals surface area contributed by atoms with Crippen LogP contribution in [0.15, 0.2) is 59.9 Å². The summed E-state index contributed by atoms with van der Waals surface area (Å²) in [6, 6.07) is 15.8. The van der Waals surface area contributed by atoms with E-state index in [1.807, 2.05) is 49.6 Å². The molecule has 3 aromatic heterocycles.